The number of hydrogen-bond donors (Lipinski definition) is 0. The summed E-state index contributed by atoms with van der Waals surface area (Å²) in [5.41, 5.74) is 0. The number of rotatable bonds is 3. The minimum atomic E-state index is -0.405. The van der Waals surface area contributed by atoms with Gasteiger partial charge in [0.25, 0.3) is 0 Å². The van der Waals surface area contributed by atoms with Gasteiger partial charge in [-0.05, 0) is 12.1 Å². The average Bonchev–Trinajstić information content (AvgIpc) is 2.96. The molecule has 1 aliphatic rings. The van der Waals surface area contributed by atoms with Crippen molar-refractivity contribution >= 4 is 17.9 Å². The van der Waals surface area contributed by atoms with E-state index in [-0.39, 0.29) is 0 Å². The highest BCUT2D eigenvalue weighted by Gasteiger charge is 2.19. The fourth-order valence-electron chi connectivity index (χ4n) is 1.90. The maximum atomic E-state index is 11.9. The highest BCUT2D eigenvalue weighted by molar-refractivity contribution is 7.99. The van der Waals surface area contributed by atoms with E-state index < -0.39 is 6.09 Å². The molecule has 1 amide bonds. The largest absolute Gasteiger partial charge is 0.436 e. The lowest BCUT2D eigenvalue weighted by Crippen LogP contribution is -2.44. The number of nitrogens with zero attached hydrogens (tertiary/aromatic N) is 3. The van der Waals surface area contributed by atoms with Crippen molar-refractivity contribution < 1.29 is 14.4 Å². The molecule has 2 heterocycles. The van der Waals surface area contributed by atoms with Crippen molar-refractivity contribution in [2.45, 2.75) is 9.79 Å². The molecular formula is C14H15N3O3S. The Morgan fingerprint density at radius 3 is 2.71 bits per heavy atom. The molecule has 1 aromatic carbocycles. The third-order valence-corrected chi connectivity index (χ3v) is 3.91. The van der Waals surface area contributed by atoms with Crippen LogP contribution >= 0.6 is 11.8 Å². The zero-order valence-electron chi connectivity index (χ0n) is 11.3. The standard InChI is InChI=1S/C14H15N3O3S/c18-14(16-6-8-19-9-7-16)20-17-11-13(10-15-17)21-12-4-2-1-3-5-12/h1-5,10-11H,6-9H2. The molecule has 7 heteroatoms. The summed E-state index contributed by atoms with van der Waals surface area (Å²) in [7, 11) is 0. The van der Waals surface area contributed by atoms with Gasteiger partial charge < -0.3 is 9.64 Å². The third-order valence-electron chi connectivity index (χ3n) is 2.96. The molecule has 0 spiro atoms. The van der Waals surface area contributed by atoms with Crippen LogP contribution in [0.15, 0.2) is 52.5 Å². The SMILES string of the molecule is O=C(On1cc(Sc2ccccc2)cn1)N1CCOCC1. The Bertz CT molecular complexity index is 597. The van der Waals surface area contributed by atoms with Crippen molar-refractivity contribution in [3.05, 3.63) is 42.7 Å². The average molecular weight is 305 g/mol. The summed E-state index contributed by atoms with van der Waals surface area (Å²) < 4.78 is 5.20. The molecule has 110 valence electrons. The van der Waals surface area contributed by atoms with Crippen molar-refractivity contribution in [1.82, 2.24) is 14.8 Å². The van der Waals surface area contributed by atoms with Gasteiger partial charge >= 0.3 is 6.09 Å². The molecule has 1 aliphatic heterocycles. The summed E-state index contributed by atoms with van der Waals surface area (Å²) in [4.78, 5) is 21.9. The van der Waals surface area contributed by atoms with E-state index in [4.69, 9.17) is 9.57 Å². The predicted octanol–water partition coefficient (Wildman–Crippen LogP) is 1.92. The van der Waals surface area contributed by atoms with E-state index in [1.54, 1.807) is 29.1 Å². The van der Waals surface area contributed by atoms with Crippen LogP contribution in [0.4, 0.5) is 4.79 Å². The molecule has 1 fully saturated rings. The molecule has 1 saturated heterocycles. The van der Waals surface area contributed by atoms with Gasteiger partial charge in [0.2, 0.25) is 0 Å². The van der Waals surface area contributed by atoms with Crippen LogP contribution in [0.3, 0.4) is 0 Å². The summed E-state index contributed by atoms with van der Waals surface area (Å²) in [6.07, 6.45) is 2.96. The normalized spacial score (nSPS) is 15.0. The molecule has 1 aromatic heterocycles. The molecule has 6 nitrogen and oxygen atoms in total. The van der Waals surface area contributed by atoms with Gasteiger partial charge in [-0.1, -0.05) is 34.8 Å². The van der Waals surface area contributed by atoms with E-state index in [0.717, 1.165) is 9.79 Å². The number of carbonyl (C=O) groups excluding carboxylic acids is 1. The summed E-state index contributed by atoms with van der Waals surface area (Å²) >= 11 is 1.56. The second kappa shape index (κ2) is 6.64. The van der Waals surface area contributed by atoms with E-state index in [0.29, 0.717) is 26.3 Å². The van der Waals surface area contributed by atoms with Crippen LogP contribution in [0, 0.1) is 0 Å². The lowest BCUT2D eigenvalue weighted by Gasteiger charge is -2.25. The van der Waals surface area contributed by atoms with Gasteiger partial charge in [0, 0.05) is 18.0 Å². The van der Waals surface area contributed by atoms with Gasteiger partial charge in [-0.3, -0.25) is 4.84 Å². The number of carbonyl (C=O) groups is 1. The van der Waals surface area contributed by atoms with Crippen LogP contribution in [0.5, 0.6) is 0 Å². The summed E-state index contributed by atoms with van der Waals surface area (Å²) in [5.74, 6) is 0. The van der Waals surface area contributed by atoms with Crippen LogP contribution in [0.1, 0.15) is 0 Å². The van der Waals surface area contributed by atoms with Gasteiger partial charge in [-0.15, -0.1) is 5.10 Å². The van der Waals surface area contributed by atoms with Crippen molar-refractivity contribution in [2.75, 3.05) is 26.3 Å². The first kappa shape index (κ1) is 14.0. The second-order valence-electron chi connectivity index (χ2n) is 4.45. The number of benzene rings is 1. The van der Waals surface area contributed by atoms with Crippen LogP contribution in [0.2, 0.25) is 0 Å². The van der Waals surface area contributed by atoms with Crippen LogP contribution in [-0.4, -0.2) is 47.2 Å². The van der Waals surface area contributed by atoms with E-state index in [1.807, 2.05) is 30.3 Å². The highest BCUT2D eigenvalue weighted by atomic mass is 32.2. The zero-order valence-corrected chi connectivity index (χ0v) is 12.2. The van der Waals surface area contributed by atoms with Crippen molar-refractivity contribution in [3.8, 4) is 0 Å². The quantitative estimate of drug-likeness (QED) is 0.867. The van der Waals surface area contributed by atoms with Crippen LogP contribution < -0.4 is 4.84 Å². The molecule has 0 bridgehead atoms. The summed E-state index contributed by atoms with van der Waals surface area (Å²) in [5, 5.41) is 4.04. The number of aromatic nitrogens is 2. The number of amides is 1. The predicted molar refractivity (Wildman–Crippen MR) is 77.2 cm³/mol. The molecule has 2 aromatic rings. The first-order valence-electron chi connectivity index (χ1n) is 6.64. The number of ether oxygens (including phenoxy) is 1. The van der Waals surface area contributed by atoms with Gasteiger partial charge in [0.05, 0.1) is 30.5 Å². The Morgan fingerprint density at radius 1 is 1.19 bits per heavy atom. The molecule has 3 rings (SSSR count). The maximum absolute atomic E-state index is 11.9. The topological polar surface area (TPSA) is 56.6 Å². The van der Waals surface area contributed by atoms with E-state index in [9.17, 15) is 4.79 Å². The molecular weight excluding hydrogens is 290 g/mol. The van der Waals surface area contributed by atoms with Crippen molar-refractivity contribution in [2.24, 2.45) is 0 Å². The molecule has 0 saturated carbocycles. The van der Waals surface area contributed by atoms with Crippen LogP contribution in [0.25, 0.3) is 0 Å². The molecule has 0 radical (unpaired) electrons. The summed E-state index contributed by atoms with van der Waals surface area (Å²) in [6, 6.07) is 9.96. The molecule has 0 aliphatic carbocycles. The van der Waals surface area contributed by atoms with Crippen molar-refractivity contribution in [3.63, 3.8) is 0 Å². The van der Waals surface area contributed by atoms with E-state index in [1.165, 1.54) is 4.85 Å². The molecule has 21 heavy (non-hydrogen) atoms. The number of hydrogen-bond acceptors (Lipinski definition) is 5. The third kappa shape index (κ3) is 3.77. The Hall–Kier alpha value is -1.99. The van der Waals surface area contributed by atoms with Gasteiger partial charge in [-0.25, -0.2) is 4.79 Å². The zero-order chi connectivity index (χ0) is 14.5. The van der Waals surface area contributed by atoms with Gasteiger partial charge in [0.1, 0.15) is 0 Å². The molecule has 0 N–H and O–H groups in total. The van der Waals surface area contributed by atoms with E-state index in [2.05, 4.69) is 5.10 Å². The monoisotopic (exact) mass is 305 g/mol. The van der Waals surface area contributed by atoms with Crippen LogP contribution in [-0.2, 0) is 4.74 Å². The highest BCUT2D eigenvalue weighted by Crippen LogP contribution is 2.26. The minimum absolute atomic E-state index is 0.405. The fraction of sp³-hybridized carbons (Fsp3) is 0.286. The Labute approximate surface area is 126 Å². The molecule has 0 unspecified atom stereocenters. The van der Waals surface area contributed by atoms with Gasteiger partial charge in [0.15, 0.2) is 0 Å². The number of morpholine rings is 1. The Balaban J connectivity index is 1.58. The van der Waals surface area contributed by atoms with Gasteiger partial charge in [-0.2, -0.15) is 0 Å². The smallest absolute Gasteiger partial charge is 0.378 e. The second-order valence-corrected chi connectivity index (χ2v) is 5.60. The minimum Gasteiger partial charge on any atom is -0.378 e. The molecule has 0 atom stereocenters. The van der Waals surface area contributed by atoms with E-state index >= 15 is 0 Å². The first-order chi connectivity index (χ1) is 10.3. The first-order valence-corrected chi connectivity index (χ1v) is 7.45. The Morgan fingerprint density at radius 2 is 1.95 bits per heavy atom. The fourth-order valence-corrected chi connectivity index (χ4v) is 2.71. The summed E-state index contributed by atoms with van der Waals surface area (Å²) in [6.45, 7) is 2.18. The maximum Gasteiger partial charge on any atom is 0.436 e. The van der Waals surface area contributed by atoms with Crippen molar-refractivity contribution in [1.29, 1.82) is 0 Å². The lowest BCUT2D eigenvalue weighted by atomic mass is 10.4. The lowest BCUT2D eigenvalue weighted by molar-refractivity contribution is 0.0196. The Kier molecular flexibility index (Phi) is 4.42.